The molecule has 3 heterocycles. The Morgan fingerprint density at radius 1 is 1.40 bits per heavy atom. The highest BCUT2D eigenvalue weighted by Gasteiger charge is 2.19. The molecule has 0 atom stereocenters. The van der Waals surface area contributed by atoms with Gasteiger partial charge < -0.3 is 4.57 Å². The van der Waals surface area contributed by atoms with Crippen LogP contribution in [-0.4, -0.2) is 20.7 Å². The topological polar surface area (TPSA) is 59.8 Å². The van der Waals surface area contributed by atoms with E-state index in [4.69, 9.17) is 0 Å². The van der Waals surface area contributed by atoms with E-state index < -0.39 is 0 Å². The molecule has 7 heteroatoms. The number of amides is 1. The first-order valence-corrected chi connectivity index (χ1v) is 7.96. The van der Waals surface area contributed by atoms with Gasteiger partial charge in [0, 0.05) is 6.04 Å². The van der Waals surface area contributed by atoms with Crippen molar-refractivity contribution in [2.75, 3.05) is 5.32 Å². The van der Waals surface area contributed by atoms with Crippen molar-refractivity contribution in [3.05, 3.63) is 28.2 Å². The maximum Gasteiger partial charge on any atom is 0.274 e. The van der Waals surface area contributed by atoms with E-state index in [1.165, 1.54) is 11.3 Å². The van der Waals surface area contributed by atoms with Crippen LogP contribution in [0, 0.1) is 6.92 Å². The van der Waals surface area contributed by atoms with Crippen molar-refractivity contribution in [2.45, 2.75) is 26.8 Å². The van der Waals surface area contributed by atoms with Crippen molar-refractivity contribution < 1.29 is 4.79 Å². The van der Waals surface area contributed by atoms with E-state index in [0.717, 1.165) is 15.2 Å². The van der Waals surface area contributed by atoms with Gasteiger partial charge in [-0.2, -0.15) is 0 Å². The SMILES string of the molecule is Cc1nnc(NC(=O)c2cc3sccc3n2C(C)C)s1. The predicted molar refractivity (Wildman–Crippen MR) is 82.8 cm³/mol. The molecule has 0 aliphatic carbocycles. The lowest BCUT2D eigenvalue weighted by Crippen LogP contribution is -2.18. The van der Waals surface area contributed by atoms with Gasteiger partial charge >= 0.3 is 0 Å². The molecule has 3 aromatic heterocycles. The van der Waals surface area contributed by atoms with Crippen LogP contribution in [0.3, 0.4) is 0 Å². The van der Waals surface area contributed by atoms with Crippen LogP contribution in [-0.2, 0) is 0 Å². The summed E-state index contributed by atoms with van der Waals surface area (Å²) >= 11 is 3.01. The Hall–Kier alpha value is -1.73. The lowest BCUT2D eigenvalue weighted by molar-refractivity contribution is 0.101. The number of nitrogens with one attached hydrogen (secondary N) is 1. The molecule has 0 fully saturated rings. The molecule has 1 N–H and O–H groups in total. The average Bonchev–Trinajstić information content (AvgIpc) is 3.02. The first kappa shape index (κ1) is 13.3. The Labute approximate surface area is 124 Å². The zero-order valence-electron chi connectivity index (χ0n) is 11.4. The smallest absolute Gasteiger partial charge is 0.274 e. The number of carbonyl (C=O) groups excluding carboxylic acids is 1. The minimum absolute atomic E-state index is 0.141. The molecule has 0 aromatic carbocycles. The number of nitrogens with zero attached hydrogens (tertiary/aromatic N) is 3. The second-order valence-electron chi connectivity index (χ2n) is 4.74. The van der Waals surface area contributed by atoms with Crippen molar-refractivity contribution in [3.8, 4) is 0 Å². The third-order valence-electron chi connectivity index (χ3n) is 2.96. The van der Waals surface area contributed by atoms with Crippen LogP contribution in [0.5, 0.6) is 0 Å². The molecule has 0 saturated carbocycles. The van der Waals surface area contributed by atoms with E-state index in [1.807, 2.05) is 24.4 Å². The minimum atomic E-state index is -0.141. The molecule has 20 heavy (non-hydrogen) atoms. The van der Waals surface area contributed by atoms with Gasteiger partial charge in [0.2, 0.25) is 5.13 Å². The van der Waals surface area contributed by atoms with Gasteiger partial charge in [-0.05, 0) is 38.3 Å². The molecule has 0 radical (unpaired) electrons. The molecule has 0 spiro atoms. The number of aryl methyl sites for hydroxylation is 1. The van der Waals surface area contributed by atoms with Gasteiger partial charge in [-0.1, -0.05) is 11.3 Å². The summed E-state index contributed by atoms with van der Waals surface area (Å²) in [5.74, 6) is -0.141. The molecule has 5 nitrogen and oxygen atoms in total. The van der Waals surface area contributed by atoms with Gasteiger partial charge in [-0.25, -0.2) is 0 Å². The van der Waals surface area contributed by atoms with Crippen LogP contribution >= 0.6 is 22.7 Å². The van der Waals surface area contributed by atoms with E-state index in [9.17, 15) is 4.79 Å². The highest BCUT2D eigenvalue weighted by Crippen LogP contribution is 2.29. The lowest BCUT2D eigenvalue weighted by Gasteiger charge is -2.13. The first-order chi connectivity index (χ1) is 9.56. The monoisotopic (exact) mass is 306 g/mol. The van der Waals surface area contributed by atoms with Gasteiger partial charge in [0.1, 0.15) is 10.7 Å². The quantitative estimate of drug-likeness (QED) is 0.802. The molecule has 104 valence electrons. The van der Waals surface area contributed by atoms with E-state index in [1.54, 1.807) is 11.3 Å². The van der Waals surface area contributed by atoms with Crippen LogP contribution < -0.4 is 5.32 Å². The summed E-state index contributed by atoms with van der Waals surface area (Å²) < 4.78 is 3.17. The third-order valence-corrected chi connectivity index (χ3v) is 4.56. The van der Waals surface area contributed by atoms with Crippen LogP contribution in [0.1, 0.15) is 35.4 Å². The number of anilines is 1. The lowest BCUT2D eigenvalue weighted by atomic mass is 10.3. The summed E-state index contributed by atoms with van der Waals surface area (Å²) in [4.78, 5) is 12.4. The van der Waals surface area contributed by atoms with Gasteiger partial charge in [0.15, 0.2) is 0 Å². The van der Waals surface area contributed by atoms with Crippen molar-refractivity contribution in [3.63, 3.8) is 0 Å². The number of fused-ring (bicyclic) bond motifs is 1. The van der Waals surface area contributed by atoms with Crippen LogP contribution in [0.2, 0.25) is 0 Å². The zero-order valence-corrected chi connectivity index (χ0v) is 13.0. The molecule has 0 aliphatic heterocycles. The molecule has 0 saturated heterocycles. The highest BCUT2D eigenvalue weighted by atomic mass is 32.1. The summed E-state index contributed by atoms with van der Waals surface area (Å²) in [7, 11) is 0. The summed E-state index contributed by atoms with van der Waals surface area (Å²) in [6.07, 6.45) is 0. The predicted octanol–water partition coefficient (Wildman–Crippen LogP) is 3.70. The largest absolute Gasteiger partial charge is 0.333 e. The molecular weight excluding hydrogens is 292 g/mol. The van der Waals surface area contributed by atoms with Crippen LogP contribution in [0.4, 0.5) is 5.13 Å². The average molecular weight is 306 g/mol. The van der Waals surface area contributed by atoms with Crippen LogP contribution in [0.15, 0.2) is 17.5 Å². The fourth-order valence-electron chi connectivity index (χ4n) is 2.18. The minimum Gasteiger partial charge on any atom is -0.333 e. The van der Waals surface area contributed by atoms with E-state index >= 15 is 0 Å². The number of carbonyl (C=O) groups is 1. The standard InChI is InChI=1S/C13H14N4OS2/c1-7(2)17-9-4-5-19-11(9)6-10(17)12(18)14-13-16-15-8(3)20-13/h4-7H,1-3H3,(H,14,16,18). The number of aromatic nitrogens is 3. The van der Waals surface area contributed by atoms with Crippen molar-refractivity contribution >= 4 is 43.9 Å². The van der Waals surface area contributed by atoms with Gasteiger partial charge in [0.05, 0.1) is 10.2 Å². The molecule has 0 bridgehead atoms. The number of rotatable bonds is 3. The molecule has 3 aromatic rings. The van der Waals surface area contributed by atoms with Gasteiger partial charge in [-0.15, -0.1) is 21.5 Å². The normalized spacial score (nSPS) is 11.4. The van der Waals surface area contributed by atoms with Crippen molar-refractivity contribution in [1.82, 2.24) is 14.8 Å². The first-order valence-electron chi connectivity index (χ1n) is 6.26. The molecule has 0 unspecified atom stereocenters. The van der Waals surface area contributed by atoms with Gasteiger partial charge in [0.25, 0.3) is 5.91 Å². The highest BCUT2D eigenvalue weighted by molar-refractivity contribution is 7.17. The molecule has 1 amide bonds. The molecular formula is C13H14N4OS2. The fraction of sp³-hybridized carbons (Fsp3) is 0.308. The van der Waals surface area contributed by atoms with E-state index in [-0.39, 0.29) is 11.9 Å². The summed E-state index contributed by atoms with van der Waals surface area (Å²) in [5.41, 5.74) is 1.76. The molecule has 0 aliphatic rings. The second kappa shape index (κ2) is 4.99. The Morgan fingerprint density at radius 2 is 2.20 bits per heavy atom. The Morgan fingerprint density at radius 3 is 2.85 bits per heavy atom. The number of thiophene rings is 1. The Kier molecular flexibility index (Phi) is 3.31. The van der Waals surface area contributed by atoms with Gasteiger partial charge in [-0.3, -0.25) is 10.1 Å². The summed E-state index contributed by atoms with van der Waals surface area (Å²) in [5, 5.41) is 14.1. The molecule has 3 rings (SSSR count). The Bertz CT molecular complexity index is 768. The van der Waals surface area contributed by atoms with Crippen molar-refractivity contribution in [1.29, 1.82) is 0 Å². The van der Waals surface area contributed by atoms with Crippen LogP contribution in [0.25, 0.3) is 10.2 Å². The number of hydrogen-bond acceptors (Lipinski definition) is 5. The number of hydrogen-bond donors (Lipinski definition) is 1. The summed E-state index contributed by atoms with van der Waals surface area (Å²) in [6, 6.07) is 4.20. The second-order valence-corrected chi connectivity index (χ2v) is 6.87. The fourth-order valence-corrected chi connectivity index (χ4v) is 3.58. The summed E-state index contributed by atoms with van der Waals surface area (Å²) in [6.45, 7) is 6.01. The third kappa shape index (κ3) is 2.23. The maximum absolute atomic E-state index is 12.4. The van der Waals surface area contributed by atoms with E-state index in [2.05, 4.69) is 33.9 Å². The maximum atomic E-state index is 12.4. The van der Waals surface area contributed by atoms with Crippen molar-refractivity contribution in [2.24, 2.45) is 0 Å². The van der Waals surface area contributed by atoms with E-state index in [0.29, 0.717) is 10.8 Å². The Balaban J connectivity index is 1.98. The zero-order chi connectivity index (χ0) is 14.3.